The van der Waals surface area contributed by atoms with E-state index in [0.29, 0.717) is 25.7 Å². The van der Waals surface area contributed by atoms with Crippen molar-refractivity contribution < 1.29 is 19.4 Å². The maximum absolute atomic E-state index is 11.3. The fourth-order valence-corrected chi connectivity index (χ4v) is 3.09. The van der Waals surface area contributed by atoms with Crippen molar-refractivity contribution in [2.75, 3.05) is 0 Å². The predicted molar refractivity (Wildman–Crippen MR) is 87.6 cm³/mol. The minimum Gasteiger partial charge on any atom is -0.459 e. The number of cyclic esters (lactones) is 1. The Bertz CT molecular complexity index is 578. The molecule has 122 valence electrons. The first-order chi connectivity index (χ1) is 11.2. The monoisotopic (exact) mass is 314 g/mol. The molecule has 1 aromatic rings. The van der Waals surface area contributed by atoms with Gasteiger partial charge in [-0.15, -0.1) is 0 Å². The van der Waals surface area contributed by atoms with Crippen molar-refractivity contribution in [2.24, 2.45) is 0 Å². The summed E-state index contributed by atoms with van der Waals surface area (Å²) in [5.41, 5.74) is 1.11. The van der Waals surface area contributed by atoms with E-state index in [-0.39, 0.29) is 30.4 Å². The lowest BCUT2D eigenvalue weighted by Crippen LogP contribution is -2.37. The maximum Gasteiger partial charge on any atom is 0.330 e. The Morgan fingerprint density at radius 3 is 2.78 bits per heavy atom. The number of carbonyl (C=O) groups excluding carboxylic acids is 1. The Hall–Kier alpha value is -1.91. The number of esters is 1. The molecule has 4 atom stereocenters. The molecule has 0 spiro atoms. The predicted octanol–water partition coefficient (Wildman–Crippen LogP) is 2.87. The van der Waals surface area contributed by atoms with E-state index in [2.05, 4.69) is 0 Å². The van der Waals surface area contributed by atoms with Gasteiger partial charge in [-0.05, 0) is 12.0 Å². The van der Waals surface area contributed by atoms with Gasteiger partial charge < -0.3 is 14.6 Å². The molecule has 0 saturated carbocycles. The summed E-state index contributed by atoms with van der Waals surface area (Å²) in [7, 11) is 0. The lowest BCUT2D eigenvalue weighted by molar-refractivity contribution is -0.148. The van der Waals surface area contributed by atoms with E-state index < -0.39 is 0 Å². The highest BCUT2D eigenvalue weighted by molar-refractivity contribution is 5.82. The quantitative estimate of drug-likeness (QED) is 0.868. The fraction of sp³-hybridized carbons (Fsp3) is 0.421. The summed E-state index contributed by atoms with van der Waals surface area (Å²) in [5.74, 6) is -0.293. The van der Waals surface area contributed by atoms with Crippen LogP contribution in [0.15, 0.2) is 48.6 Å². The van der Waals surface area contributed by atoms with Crippen molar-refractivity contribution in [3.05, 3.63) is 54.1 Å². The fourth-order valence-electron chi connectivity index (χ4n) is 3.09. The van der Waals surface area contributed by atoms with Crippen LogP contribution in [-0.4, -0.2) is 35.5 Å². The van der Waals surface area contributed by atoms with Crippen molar-refractivity contribution in [3.8, 4) is 0 Å². The molecule has 1 saturated heterocycles. The third-order valence-corrected chi connectivity index (χ3v) is 4.17. The first kappa shape index (κ1) is 16.0. The number of benzene rings is 1. The van der Waals surface area contributed by atoms with Crippen molar-refractivity contribution in [3.63, 3.8) is 0 Å². The molecule has 0 aromatic heterocycles. The minimum atomic E-state index is -0.381. The highest BCUT2D eigenvalue weighted by Gasteiger charge is 2.30. The molecule has 2 aliphatic heterocycles. The minimum absolute atomic E-state index is 0.0894. The highest BCUT2D eigenvalue weighted by atomic mass is 16.5. The van der Waals surface area contributed by atoms with Crippen LogP contribution in [-0.2, 0) is 14.3 Å². The summed E-state index contributed by atoms with van der Waals surface area (Å²) in [6, 6.07) is 10.0. The SMILES string of the molecule is O=C1C=CC[C@H](C[C@H]2C[C@@H](O)C[C@H](/C=C/c3ccccc3)O2)O1. The molecule has 4 heteroatoms. The van der Waals surface area contributed by atoms with E-state index in [9.17, 15) is 9.90 Å². The van der Waals surface area contributed by atoms with Crippen LogP contribution in [0.5, 0.6) is 0 Å². The summed E-state index contributed by atoms with van der Waals surface area (Å²) in [5, 5.41) is 10.1. The van der Waals surface area contributed by atoms with E-state index in [1.807, 2.05) is 48.6 Å². The number of carbonyl (C=O) groups is 1. The zero-order valence-electron chi connectivity index (χ0n) is 13.0. The van der Waals surface area contributed by atoms with Crippen LogP contribution in [0, 0.1) is 0 Å². The number of hydrogen-bond acceptors (Lipinski definition) is 4. The molecule has 2 heterocycles. The van der Waals surface area contributed by atoms with Crippen molar-refractivity contribution >= 4 is 12.0 Å². The van der Waals surface area contributed by atoms with Crippen molar-refractivity contribution in [2.45, 2.75) is 50.1 Å². The Kier molecular flexibility index (Phi) is 5.26. The molecule has 4 nitrogen and oxygen atoms in total. The van der Waals surface area contributed by atoms with Crippen LogP contribution in [0.1, 0.15) is 31.2 Å². The van der Waals surface area contributed by atoms with Crippen LogP contribution in [0.2, 0.25) is 0 Å². The molecule has 2 aliphatic rings. The summed E-state index contributed by atoms with van der Waals surface area (Å²) in [6.07, 6.45) is 9.11. The molecule has 0 radical (unpaired) electrons. The summed E-state index contributed by atoms with van der Waals surface area (Å²) in [6.45, 7) is 0. The van der Waals surface area contributed by atoms with E-state index in [1.165, 1.54) is 6.08 Å². The van der Waals surface area contributed by atoms with Gasteiger partial charge in [0.2, 0.25) is 0 Å². The van der Waals surface area contributed by atoms with Gasteiger partial charge in [-0.1, -0.05) is 48.6 Å². The molecule has 0 aliphatic carbocycles. The summed E-state index contributed by atoms with van der Waals surface area (Å²) < 4.78 is 11.3. The average molecular weight is 314 g/mol. The summed E-state index contributed by atoms with van der Waals surface area (Å²) in [4.78, 5) is 11.3. The Morgan fingerprint density at radius 1 is 1.17 bits per heavy atom. The molecule has 0 bridgehead atoms. The standard InChI is InChI=1S/C19H22O4/c20-15-11-17(10-9-14-5-2-1-3-6-14)22-18(12-15)13-16-7-4-8-19(21)23-16/h1-6,8-10,15-18,20H,7,11-13H2/b10-9+/t15-,16+,17-,18+/m0/s1. The number of aliphatic hydroxyl groups is 1. The Labute approximate surface area is 136 Å². The second-order valence-corrected chi connectivity index (χ2v) is 6.12. The van der Waals surface area contributed by atoms with Crippen LogP contribution >= 0.6 is 0 Å². The second kappa shape index (κ2) is 7.57. The molecule has 1 N–H and O–H groups in total. The van der Waals surface area contributed by atoms with Gasteiger partial charge in [-0.2, -0.15) is 0 Å². The van der Waals surface area contributed by atoms with Crippen LogP contribution < -0.4 is 0 Å². The first-order valence-electron chi connectivity index (χ1n) is 8.13. The zero-order chi connectivity index (χ0) is 16.1. The molecular weight excluding hydrogens is 292 g/mol. The van der Waals surface area contributed by atoms with Gasteiger partial charge in [-0.25, -0.2) is 4.79 Å². The maximum atomic E-state index is 11.3. The molecule has 1 aromatic carbocycles. The lowest BCUT2D eigenvalue weighted by atomic mass is 9.95. The van der Waals surface area contributed by atoms with Crippen molar-refractivity contribution in [1.82, 2.24) is 0 Å². The largest absolute Gasteiger partial charge is 0.459 e. The molecule has 0 amide bonds. The first-order valence-corrected chi connectivity index (χ1v) is 8.13. The highest BCUT2D eigenvalue weighted by Crippen LogP contribution is 2.26. The van der Waals surface area contributed by atoms with Crippen LogP contribution in [0.25, 0.3) is 6.08 Å². The number of hydrogen-bond donors (Lipinski definition) is 1. The number of aliphatic hydroxyl groups excluding tert-OH is 1. The topological polar surface area (TPSA) is 55.8 Å². The molecule has 23 heavy (non-hydrogen) atoms. The molecule has 3 rings (SSSR count). The lowest BCUT2D eigenvalue weighted by Gasteiger charge is -2.33. The van der Waals surface area contributed by atoms with Crippen LogP contribution in [0.3, 0.4) is 0 Å². The molecule has 0 unspecified atom stereocenters. The Morgan fingerprint density at radius 2 is 2.00 bits per heavy atom. The second-order valence-electron chi connectivity index (χ2n) is 6.12. The van der Waals surface area contributed by atoms with Crippen molar-refractivity contribution in [1.29, 1.82) is 0 Å². The summed E-state index contributed by atoms with van der Waals surface area (Å²) >= 11 is 0. The normalized spacial score (nSPS) is 31.3. The van der Waals surface area contributed by atoms with Gasteiger partial charge in [0.25, 0.3) is 0 Å². The Balaban J connectivity index is 1.57. The molecule has 1 fully saturated rings. The van der Waals surface area contributed by atoms with Gasteiger partial charge in [0.1, 0.15) is 6.10 Å². The van der Waals surface area contributed by atoms with E-state index in [4.69, 9.17) is 9.47 Å². The zero-order valence-corrected chi connectivity index (χ0v) is 13.0. The van der Waals surface area contributed by atoms with Gasteiger partial charge in [0.05, 0.1) is 18.3 Å². The van der Waals surface area contributed by atoms with Gasteiger partial charge in [0.15, 0.2) is 0 Å². The number of ether oxygens (including phenoxy) is 2. The van der Waals surface area contributed by atoms with Gasteiger partial charge in [0, 0.05) is 25.3 Å². The van der Waals surface area contributed by atoms with Crippen LogP contribution in [0.4, 0.5) is 0 Å². The van der Waals surface area contributed by atoms with E-state index >= 15 is 0 Å². The van der Waals surface area contributed by atoms with E-state index in [0.717, 1.165) is 5.56 Å². The average Bonchev–Trinajstić information content (AvgIpc) is 2.53. The van der Waals surface area contributed by atoms with Gasteiger partial charge >= 0.3 is 5.97 Å². The molecular formula is C19H22O4. The van der Waals surface area contributed by atoms with Gasteiger partial charge in [-0.3, -0.25) is 0 Å². The smallest absolute Gasteiger partial charge is 0.330 e. The third kappa shape index (κ3) is 4.78. The van der Waals surface area contributed by atoms with E-state index in [1.54, 1.807) is 0 Å². The number of rotatable bonds is 4. The third-order valence-electron chi connectivity index (χ3n) is 4.17.